The topological polar surface area (TPSA) is 61.0 Å². The summed E-state index contributed by atoms with van der Waals surface area (Å²) in [5.74, 6) is 1.05. The largest absolute Gasteiger partial charge is 0.496 e. The van der Waals surface area contributed by atoms with Crippen LogP contribution in [0.4, 0.5) is 5.95 Å². The van der Waals surface area contributed by atoms with Crippen LogP contribution in [-0.2, 0) is 0 Å². The fraction of sp³-hybridized carbons (Fsp3) is 0.125. The molecule has 0 radical (unpaired) electrons. The summed E-state index contributed by atoms with van der Waals surface area (Å²) in [7, 11) is 1.66. The molecule has 4 nitrogen and oxygen atoms in total. The minimum Gasteiger partial charge on any atom is -0.496 e. The quantitative estimate of drug-likeness (QED) is 0.773. The van der Waals surface area contributed by atoms with Crippen molar-refractivity contribution < 1.29 is 4.74 Å². The lowest BCUT2D eigenvalue weighted by atomic mass is 9.98. The van der Waals surface area contributed by atoms with Crippen LogP contribution in [0.5, 0.6) is 5.75 Å². The van der Waals surface area contributed by atoms with E-state index in [4.69, 9.17) is 10.5 Å². The summed E-state index contributed by atoms with van der Waals surface area (Å²) in [6, 6.07) is 12.1. The summed E-state index contributed by atoms with van der Waals surface area (Å²) in [6.45, 7) is 2.08. The highest BCUT2D eigenvalue weighted by Crippen LogP contribution is 2.35. The standard InChI is InChI=1S/C16H15N3O/c1-10-5-3-4-6-12(10)13-7-11-9-18-16(17)19-14(11)8-15(13)20-2/h3-9H,1-2H3,(H2,17,18,19). The van der Waals surface area contributed by atoms with E-state index < -0.39 is 0 Å². The maximum Gasteiger partial charge on any atom is 0.220 e. The predicted molar refractivity (Wildman–Crippen MR) is 80.7 cm³/mol. The average Bonchev–Trinajstić information content (AvgIpc) is 2.46. The van der Waals surface area contributed by atoms with E-state index in [1.165, 1.54) is 5.56 Å². The third-order valence-corrected chi connectivity index (χ3v) is 3.35. The van der Waals surface area contributed by atoms with Gasteiger partial charge in [-0.1, -0.05) is 24.3 Å². The van der Waals surface area contributed by atoms with Gasteiger partial charge in [0, 0.05) is 23.2 Å². The molecule has 3 rings (SSSR count). The van der Waals surface area contributed by atoms with Gasteiger partial charge in [0.1, 0.15) is 5.75 Å². The second kappa shape index (κ2) is 4.81. The zero-order chi connectivity index (χ0) is 14.1. The molecule has 0 fully saturated rings. The zero-order valence-corrected chi connectivity index (χ0v) is 11.4. The minimum absolute atomic E-state index is 0.267. The van der Waals surface area contributed by atoms with Crippen molar-refractivity contribution in [2.45, 2.75) is 6.92 Å². The number of nitrogen functional groups attached to an aromatic ring is 1. The van der Waals surface area contributed by atoms with Crippen molar-refractivity contribution in [3.8, 4) is 16.9 Å². The van der Waals surface area contributed by atoms with E-state index in [1.54, 1.807) is 13.3 Å². The maximum atomic E-state index is 5.63. The normalized spacial score (nSPS) is 10.7. The Hall–Kier alpha value is -2.62. The highest BCUT2D eigenvalue weighted by atomic mass is 16.5. The lowest BCUT2D eigenvalue weighted by molar-refractivity contribution is 0.417. The Balaban J connectivity index is 2.30. The number of hydrogen-bond acceptors (Lipinski definition) is 4. The van der Waals surface area contributed by atoms with E-state index in [2.05, 4.69) is 29.0 Å². The van der Waals surface area contributed by atoms with E-state index >= 15 is 0 Å². The van der Waals surface area contributed by atoms with Gasteiger partial charge in [0.15, 0.2) is 0 Å². The van der Waals surface area contributed by atoms with E-state index in [0.717, 1.165) is 27.8 Å². The monoisotopic (exact) mass is 265 g/mol. The Labute approximate surface area is 117 Å². The molecule has 3 aromatic rings. The van der Waals surface area contributed by atoms with Gasteiger partial charge in [0.05, 0.1) is 12.6 Å². The molecule has 1 heterocycles. The van der Waals surface area contributed by atoms with Crippen LogP contribution in [0.15, 0.2) is 42.6 Å². The molecule has 2 aromatic carbocycles. The van der Waals surface area contributed by atoms with Gasteiger partial charge in [-0.15, -0.1) is 0 Å². The van der Waals surface area contributed by atoms with Crippen LogP contribution in [-0.4, -0.2) is 17.1 Å². The smallest absolute Gasteiger partial charge is 0.220 e. The van der Waals surface area contributed by atoms with Gasteiger partial charge in [0.2, 0.25) is 5.95 Å². The number of nitrogens with two attached hydrogens (primary N) is 1. The summed E-state index contributed by atoms with van der Waals surface area (Å²) in [4.78, 5) is 8.27. The highest BCUT2D eigenvalue weighted by molar-refractivity contribution is 5.89. The molecule has 100 valence electrons. The molecule has 0 aliphatic carbocycles. The van der Waals surface area contributed by atoms with Crippen molar-refractivity contribution >= 4 is 16.9 Å². The Kier molecular flexibility index (Phi) is 2.99. The van der Waals surface area contributed by atoms with Crippen LogP contribution in [0, 0.1) is 6.92 Å². The number of benzene rings is 2. The van der Waals surface area contributed by atoms with Crippen LogP contribution >= 0.6 is 0 Å². The van der Waals surface area contributed by atoms with E-state index in [-0.39, 0.29) is 5.95 Å². The van der Waals surface area contributed by atoms with Gasteiger partial charge in [-0.05, 0) is 24.1 Å². The first-order valence-corrected chi connectivity index (χ1v) is 6.35. The lowest BCUT2D eigenvalue weighted by Crippen LogP contribution is -1.96. The van der Waals surface area contributed by atoms with Gasteiger partial charge >= 0.3 is 0 Å². The molecule has 0 amide bonds. The molecule has 20 heavy (non-hydrogen) atoms. The average molecular weight is 265 g/mol. The Morgan fingerprint density at radius 3 is 2.65 bits per heavy atom. The van der Waals surface area contributed by atoms with E-state index in [1.807, 2.05) is 24.3 Å². The Bertz CT molecular complexity index is 784. The molecule has 0 aliphatic heterocycles. The molecular formula is C16H15N3O. The predicted octanol–water partition coefficient (Wildman–Crippen LogP) is 3.20. The number of ether oxygens (including phenoxy) is 1. The van der Waals surface area contributed by atoms with Crippen molar-refractivity contribution in [1.29, 1.82) is 0 Å². The molecule has 0 spiro atoms. The molecular weight excluding hydrogens is 250 g/mol. The first-order valence-electron chi connectivity index (χ1n) is 6.35. The first kappa shape index (κ1) is 12.4. The molecule has 2 N–H and O–H groups in total. The van der Waals surface area contributed by atoms with E-state index in [9.17, 15) is 0 Å². The molecule has 0 unspecified atom stereocenters. The molecule has 1 aromatic heterocycles. The van der Waals surface area contributed by atoms with Crippen molar-refractivity contribution in [1.82, 2.24) is 9.97 Å². The molecule has 0 saturated carbocycles. The number of aromatic nitrogens is 2. The fourth-order valence-corrected chi connectivity index (χ4v) is 2.33. The molecule has 0 bridgehead atoms. The zero-order valence-electron chi connectivity index (χ0n) is 11.4. The summed E-state index contributed by atoms with van der Waals surface area (Å²) in [5.41, 5.74) is 9.78. The summed E-state index contributed by atoms with van der Waals surface area (Å²) in [6.07, 6.45) is 1.74. The fourth-order valence-electron chi connectivity index (χ4n) is 2.33. The SMILES string of the molecule is COc1cc2nc(N)ncc2cc1-c1ccccc1C. The van der Waals surface area contributed by atoms with Crippen LogP contribution < -0.4 is 10.5 Å². The van der Waals surface area contributed by atoms with Crippen molar-refractivity contribution in [2.75, 3.05) is 12.8 Å². The van der Waals surface area contributed by atoms with Crippen LogP contribution in [0.25, 0.3) is 22.0 Å². The summed E-state index contributed by atoms with van der Waals surface area (Å²) in [5, 5.41) is 0.943. The second-order valence-corrected chi connectivity index (χ2v) is 4.65. The van der Waals surface area contributed by atoms with Crippen molar-refractivity contribution in [3.05, 3.63) is 48.2 Å². The van der Waals surface area contributed by atoms with Gasteiger partial charge in [-0.3, -0.25) is 0 Å². The molecule has 4 heteroatoms. The lowest BCUT2D eigenvalue weighted by Gasteiger charge is -2.12. The number of methoxy groups -OCH3 is 1. The summed E-state index contributed by atoms with van der Waals surface area (Å²) >= 11 is 0. The third kappa shape index (κ3) is 2.05. The van der Waals surface area contributed by atoms with Crippen LogP contribution in [0.2, 0.25) is 0 Å². The van der Waals surface area contributed by atoms with Gasteiger partial charge in [-0.2, -0.15) is 0 Å². The first-order chi connectivity index (χ1) is 9.69. The number of fused-ring (bicyclic) bond motifs is 1. The molecule has 0 atom stereocenters. The highest BCUT2D eigenvalue weighted by Gasteiger charge is 2.11. The summed E-state index contributed by atoms with van der Waals surface area (Å²) < 4.78 is 5.50. The number of rotatable bonds is 2. The molecule has 0 saturated heterocycles. The Morgan fingerprint density at radius 1 is 1.10 bits per heavy atom. The number of nitrogens with zero attached hydrogens (tertiary/aromatic N) is 2. The molecule has 0 aliphatic rings. The third-order valence-electron chi connectivity index (χ3n) is 3.35. The van der Waals surface area contributed by atoms with Crippen molar-refractivity contribution in [2.24, 2.45) is 0 Å². The van der Waals surface area contributed by atoms with Crippen molar-refractivity contribution in [3.63, 3.8) is 0 Å². The number of hydrogen-bond donors (Lipinski definition) is 1. The van der Waals surface area contributed by atoms with Gasteiger partial charge < -0.3 is 10.5 Å². The number of anilines is 1. The van der Waals surface area contributed by atoms with E-state index in [0.29, 0.717) is 0 Å². The van der Waals surface area contributed by atoms with Crippen LogP contribution in [0.1, 0.15) is 5.56 Å². The second-order valence-electron chi connectivity index (χ2n) is 4.65. The van der Waals surface area contributed by atoms with Crippen LogP contribution in [0.3, 0.4) is 0 Å². The number of aryl methyl sites for hydroxylation is 1. The van der Waals surface area contributed by atoms with Gasteiger partial charge in [0.25, 0.3) is 0 Å². The van der Waals surface area contributed by atoms with Gasteiger partial charge in [-0.25, -0.2) is 9.97 Å². The Morgan fingerprint density at radius 2 is 1.90 bits per heavy atom. The minimum atomic E-state index is 0.267. The maximum absolute atomic E-state index is 5.63.